The highest BCUT2D eigenvalue weighted by Crippen LogP contribution is 2.30. The lowest BCUT2D eigenvalue weighted by atomic mass is 10.1. The Balaban J connectivity index is 1.50. The number of halogens is 3. The van der Waals surface area contributed by atoms with Gasteiger partial charge in [0.15, 0.2) is 17.3 Å². The number of phenols is 1. The van der Waals surface area contributed by atoms with E-state index in [0.717, 1.165) is 34.6 Å². The van der Waals surface area contributed by atoms with Crippen molar-refractivity contribution in [1.29, 1.82) is 0 Å². The molecular formula is C27H26F3N7O. The van der Waals surface area contributed by atoms with Gasteiger partial charge in [-0.05, 0) is 55.7 Å². The van der Waals surface area contributed by atoms with Gasteiger partial charge in [0.05, 0.1) is 29.7 Å². The molecule has 2 aromatic carbocycles. The minimum atomic E-state index is -4.39. The standard InChI is InChI=1S/C27H26F3N7O/c1-16-22(17(2)36(3)35-16)24-33-25(31-13-12-18-6-10-21(38)11-7-18)23-26(34-24)37(15-32-23)14-19-4-8-20(9-5-19)27(28,29)30/h4-11,15,38H,12-14H2,1-3H3,(H,31,33,34). The number of imidazole rings is 1. The minimum Gasteiger partial charge on any atom is -0.508 e. The second-order valence-electron chi connectivity index (χ2n) is 9.15. The summed E-state index contributed by atoms with van der Waals surface area (Å²) >= 11 is 0. The minimum absolute atomic E-state index is 0.213. The molecule has 0 radical (unpaired) electrons. The van der Waals surface area contributed by atoms with Crippen molar-refractivity contribution in [2.75, 3.05) is 11.9 Å². The van der Waals surface area contributed by atoms with Crippen LogP contribution in [0.3, 0.4) is 0 Å². The maximum absolute atomic E-state index is 13.0. The van der Waals surface area contributed by atoms with Crippen LogP contribution < -0.4 is 5.32 Å². The molecule has 0 bridgehead atoms. The second kappa shape index (κ2) is 9.81. The number of hydrogen-bond acceptors (Lipinski definition) is 6. The third kappa shape index (κ3) is 5.04. The largest absolute Gasteiger partial charge is 0.508 e. The van der Waals surface area contributed by atoms with Gasteiger partial charge < -0.3 is 15.0 Å². The highest BCUT2D eigenvalue weighted by Gasteiger charge is 2.30. The predicted molar refractivity (Wildman–Crippen MR) is 138 cm³/mol. The summed E-state index contributed by atoms with van der Waals surface area (Å²) in [7, 11) is 1.86. The van der Waals surface area contributed by atoms with Crippen molar-refractivity contribution in [3.8, 4) is 17.1 Å². The molecule has 38 heavy (non-hydrogen) atoms. The zero-order valence-electron chi connectivity index (χ0n) is 21.1. The van der Waals surface area contributed by atoms with Crippen LogP contribution in [0.25, 0.3) is 22.6 Å². The van der Waals surface area contributed by atoms with Crippen LogP contribution in [0, 0.1) is 13.8 Å². The van der Waals surface area contributed by atoms with Crippen LogP contribution >= 0.6 is 0 Å². The number of aryl methyl sites for hydroxylation is 2. The Kier molecular flexibility index (Phi) is 6.52. The number of aromatic nitrogens is 6. The van der Waals surface area contributed by atoms with E-state index in [2.05, 4.69) is 15.4 Å². The first kappa shape index (κ1) is 25.2. The van der Waals surface area contributed by atoms with Crippen LogP contribution in [0.1, 0.15) is 28.1 Å². The Morgan fingerprint density at radius 2 is 1.63 bits per heavy atom. The Hall–Kier alpha value is -4.41. The van der Waals surface area contributed by atoms with Crippen LogP contribution in [0.5, 0.6) is 5.75 Å². The van der Waals surface area contributed by atoms with Crippen molar-refractivity contribution in [2.45, 2.75) is 33.0 Å². The average molecular weight is 522 g/mol. The number of hydrogen-bond donors (Lipinski definition) is 2. The summed E-state index contributed by atoms with van der Waals surface area (Å²) in [6.45, 7) is 4.70. The summed E-state index contributed by atoms with van der Waals surface area (Å²) < 4.78 is 42.6. The molecule has 0 aliphatic heterocycles. The van der Waals surface area contributed by atoms with Crippen molar-refractivity contribution in [2.24, 2.45) is 7.05 Å². The average Bonchev–Trinajstić information content (AvgIpc) is 3.39. The number of fused-ring (bicyclic) bond motifs is 1. The number of alkyl halides is 3. The molecule has 3 aromatic heterocycles. The molecule has 5 aromatic rings. The van der Waals surface area contributed by atoms with Crippen molar-refractivity contribution in [1.82, 2.24) is 29.3 Å². The molecule has 0 unspecified atom stereocenters. The third-order valence-electron chi connectivity index (χ3n) is 6.47. The molecular weight excluding hydrogens is 495 g/mol. The molecule has 11 heteroatoms. The molecule has 196 valence electrons. The van der Waals surface area contributed by atoms with Crippen LogP contribution in [0.15, 0.2) is 54.9 Å². The van der Waals surface area contributed by atoms with Gasteiger partial charge in [0.1, 0.15) is 11.3 Å². The quantitative estimate of drug-likeness (QED) is 0.303. The smallest absolute Gasteiger partial charge is 0.416 e. The molecule has 0 aliphatic carbocycles. The van der Waals surface area contributed by atoms with Crippen LogP contribution in [0.2, 0.25) is 0 Å². The van der Waals surface area contributed by atoms with E-state index < -0.39 is 11.7 Å². The first-order valence-corrected chi connectivity index (χ1v) is 12.0. The summed E-state index contributed by atoms with van der Waals surface area (Å²) in [5.41, 5.74) is 4.68. The van der Waals surface area contributed by atoms with Gasteiger partial charge in [-0.1, -0.05) is 24.3 Å². The maximum Gasteiger partial charge on any atom is 0.416 e. The summed E-state index contributed by atoms with van der Waals surface area (Å²) in [6.07, 6.45) is -2.07. The van der Waals surface area contributed by atoms with Gasteiger partial charge in [-0.25, -0.2) is 15.0 Å². The Morgan fingerprint density at radius 1 is 0.947 bits per heavy atom. The molecule has 0 aliphatic rings. The number of aromatic hydroxyl groups is 1. The molecule has 0 fully saturated rings. The molecule has 0 amide bonds. The van der Waals surface area contributed by atoms with Gasteiger partial charge in [-0.2, -0.15) is 18.3 Å². The fourth-order valence-corrected chi connectivity index (χ4v) is 4.38. The lowest BCUT2D eigenvalue weighted by Gasteiger charge is -2.11. The summed E-state index contributed by atoms with van der Waals surface area (Å²) in [6, 6.07) is 12.1. The molecule has 0 atom stereocenters. The van der Waals surface area contributed by atoms with Gasteiger partial charge in [0.25, 0.3) is 0 Å². The van der Waals surface area contributed by atoms with Crippen molar-refractivity contribution in [3.63, 3.8) is 0 Å². The number of nitrogens with zero attached hydrogens (tertiary/aromatic N) is 6. The lowest BCUT2D eigenvalue weighted by Crippen LogP contribution is -2.09. The highest BCUT2D eigenvalue weighted by molar-refractivity contribution is 5.85. The number of benzene rings is 2. The summed E-state index contributed by atoms with van der Waals surface area (Å²) in [5, 5.41) is 17.4. The normalized spacial score (nSPS) is 11.8. The Morgan fingerprint density at radius 3 is 2.26 bits per heavy atom. The first-order valence-electron chi connectivity index (χ1n) is 12.0. The van der Waals surface area contributed by atoms with Gasteiger partial charge in [0.2, 0.25) is 0 Å². The fourth-order valence-electron chi connectivity index (χ4n) is 4.38. The fraction of sp³-hybridized carbons (Fsp3) is 0.259. The van der Waals surface area contributed by atoms with E-state index in [1.165, 1.54) is 12.1 Å². The number of rotatable bonds is 7. The highest BCUT2D eigenvalue weighted by atomic mass is 19.4. The van der Waals surface area contributed by atoms with Crippen molar-refractivity contribution >= 4 is 17.0 Å². The van der Waals surface area contributed by atoms with Gasteiger partial charge >= 0.3 is 6.18 Å². The molecule has 5 rings (SSSR count). The van der Waals surface area contributed by atoms with Crippen LogP contribution in [0.4, 0.5) is 19.0 Å². The van der Waals surface area contributed by atoms with Crippen LogP contribution in [-0.4, -0.2) is 41.0 Å². The van der Waals surface area contributed by atoms with Crippen molar-refractivity contribution in [3.05, 3.63) is 82.9 Å². The SMILES string of the molecule is Cc1nn(C)c(C)c1-c1nc(NCCc2ccc(O)cc2)c2ncn(Cc3ccc(C(F)(F)F)cc3)c2n1. The van der Waals surface area contributed by atoms with Gasteiger partial charge in [-0.3, -0.25) is 4.68 Å². The number of phenolic OH excluding ortho intramolecular Hbond substituents is 1. The lowest BCUT2D eigenvalue weighted by molar-refractivity contribution is -0.137. The number of nitrogens with one attached hydrogen (secondary N) is 1. The zero-order valence-corrected chi connectivity index (χ0v) is 21.1. The van der Waals surface area contributed by atoms with Crippen molar-refractivity contribution < 1.29 is 18.3 Å². The van der Waals surface area contributed by atoms with Crippen LogP contribution in [-0.2, 0) is 26.2 Å². The molecule has 0 saturated carbocycles. The maximum atomic E-state index is 13.0. The topological polar surface area (TPSA) is 93.7 Å². The summed E-state index contributed by atoms with van der Waals surface area (Å²) in [5.74, 6) is 1.25. The summed E-state index contributed by atoms with van der Waals surface area (Å²) in [4.78, 5) is 14.1. The Labute approximate surface area is 216 Å². The van der Waals surface area contributed by atoms with E-state index in [1.807, 2.05) is 33.0 Å². The van der Waals surface area contributed by atoms with Gasteiger partial charge in [-0.15, -0.1) is 0 Å². The molecule has 0 saturated heterocycles. The van der Waals surface area contributed by atoms with E-state index in [9.17, 15) is 18.3 Å². The van der Waals surface area contributed by atoms with E-state index in [-0.39, 0.29) is 5.75 Å². The number of anilines is 1. The van der Waals surface area contributed by atoms with E-state index in [4.69, 9.17) is 9.97 Å². The van der Waals surface area contributed by atoms with Gasteiger partial charge in [0, 0.05) is 19.3 Å². The predicted octanol–water partition coefficient (Wildman–Crippen LogP) is 5.27. The monoisotopic (exact) mass is 521 g/mol. The first-order chi connectivity index (χ1) is 18.1. The molecule has 0 spiro atoms. The van der Waals surface area contributed by atoms with E-state index >= 15 is 0 Å². The molecule has 2 N–H and O–H groups in total. The molecule has 8 nitrogen and oxygen atoms in total. The third-order valence-corrected chi connectivity index (χ3v) is 6.47. The van der Waals surface area contributed by atoms with E-state index in [1.54, 1.807) is 27.7 Å². The second-order valence-corrected chi connectivity index (χ2v) is 9.15. The molecule has 3 heterocycles. The van der Waals surface area contributed by atoms with E-state index in [0.29, 0.717) is 47.9 Å². The Bertz CT molecular complexity index is 1590. The zero-order chi connectivity index (χ0) is 27.0.